The summed E-state index contributed by atoms with van der Waals surface area (Å²) in [6.07, 6.45) is 0.559. The molecule has 6 heteroatoms. The fraction of sp³-hybridized carbons (Fsp3) is 0.222. The van der Waals surface area contributed by atoms with E-state index in [9.17, 15) is 9.59 Å². The summed E-state index contributed by atoms with van der Waals surface area (Å²) in [6, 6.07) is 10.8. The molecule has 0 aliphatic carbocycles. The molecule has 0 saturated heterocycles. The Morgan fingerprint density at radius 1 is 1.12 bits per heavy atom. The topological polar surface area (TPSA) is 76.7 Å². The highest BCUT2D eigenvalue weighted by atomic mass is 16.5. The molecule has 1 aliphatic rings. The molecule has 2 aromatic carbocycles. The van der Waals surface area contributed by atoms with Gasteiger partial charge in [-0.25, -0.2) is 0 Å². The van der Waals surface area contributed by atoms with Gasteiger partial charge in [-0.15, -0.1) is 0 Å². The molecule has 3 rings (SSSR count). The average molecular weight is 326 g/mol. The van der Waals surface area contributed by atoms with Gasteiger partial charge in [0, 0.05) is 11.4 Å². The Labute approximate surface area is 139 Å². The van der Waals surface area contributed by atoms with Gasteiger partial charge in [-0.2, -0.15) is 0 Å². The smallest absolute Gasteiger partial charge is 0.228 e. The van der Waals surface area contributed by atoms with Gasteiger partial charge in [0.25, 0.3) is 0 Å². The van der Waals surface area contributed by atoms with Crippen LogP contribution in [0.3, 0.4) is 0 Å². The van der Waals surface area contributed by atoms with Gasteiger partial charge in [-0.05, 0) is 41.5 Å². The maximum absolute atomic E-state index is 12.2. The summed E-state index contributed by atoms with van der Waals surface area (Å²) in [6.45, 7) is 0. The molecule has 0 fully saturated rings. The van der Waals surface area contributed by atoms with Gasteiger partial charge in [-0.3, -0.25) is 9.59 Å². The third-order valence-corrected chi connectivity index (χ3v) is 3.83. The Bertz CT molecular complexity index is 802. The predicted molar refractivity (Wildman–Crippen MR) is 90.7 cm³/mol. The number of anilines is 2. The first kappa shape index (κ1) is 15.9. The van der Waals surface area contributed by atoms with Crippen molar-refractivity contribution in [1.29, 1.82) is 0 Å². The molecule has 6 nitrogen and oxygen atoms in total. The molecule has 0 bridgehead atoms. The predicted octanol–water partition coefficient (Wildman–Crippen LogP) is 2.38. The first-order valence-corrected chi connectivity index (χ1v) is 7.52. The summed E-state index contributed by atoms with van der Waals surface area (Å²) < 4.78 is 10.4. The first-order chi connectivity index (χ1) is 11.6. The van der Waals surface area contributed by atoms with E-state index in [0.717, 1.165) is 16.8 Å². The zero-order valence-corrected chi connectivity index (χ0v) is 13.5. The molecule has 0 saturated carbocycles. The molecule has 2 amide bonds. The van der Waals surface area contributed by atoms with Crippen LogP contribution in [0, 0.1) is 0 Å². The molecule has 0 radical (unpaired) electrons. The lowest BCUT2D eigenvalue weighted by atomic mass is 10.1. The standard InChI is InChI=1S/C18H18N2O4/c1-23-15-6-3-11(7-16(15)24-2)8-17(21)19-13-4-5-14-12(9-13)10-18(22)20-14/h3-7,9H,8,10H2,1-2H3,(H,19,21)(H,20,22). The van der Waals surface area contributed by atoms with E-state index >= 15 is 0 Å². The number of rotatable bonds is 5. The van der Waals surface area contributed by atoms with Gasteiger partial charge in [0.15, 0.2) is 11.5 Å². The van der Waals surface area contributed by atoms with Gasteiger partial charge in [0.1, 0.15) is 0 Å². The van der Waals surface area contributed by atoms with Crippen LogP contribution in [0.2, 0.25) is 0 Å². The minimum Gasteiger partial charge on any atom is -0.493 e. The van der Waals surface area contributed by atoms with Crippen LogP contribution in [0.5, 0.6) is 11.5 Å². The molecule has 24 heavy (non-hydrogen) atoms. The zero-order valence-electron chi connectivity index (χ0n) is 13.5. The Morgan fingerprint density at radius 2 is 1.92 bits per heavy atom. The van der Waals surface area contributed by atoms with Crippen LogP contribution in [0.1, 0.15) is 11.1 Å². The van der Waals surface area contributed by atoms with E-state index in [4.69, 9.17) is 9.47 Å². The zero-order chi connectivity index (χ0) is 17.1. The minimum absolute atomic E-state index is 0.0289. The van der Waals surface area contributed by atoms with Crippen LogP contribution in [-0.2, 0) is 22.4 Å². The summed E-state index contributed by atoms with van der Waals surface area (Å²) in [7, 11) is 3.12. The van der Waals surface area contributed by atoms with E-state index in [2.05, 4.69) is 10.6 Å². The highest BCUT2D eigenvalue weighted by Gasteiger charge is 2.18. The molecular weight excluding hydrogens is 308 g/mol. The number of benzene rings is 2. The van der Waals surface area contributed by atoms with Crippen molar-refractivity contribution in [2.24, 2.45) is 0 Å². The van der Waals surface area contributed by atoms with Crippen LogP contribution < -0.4 is 20.1 Å². The lowest BCUT2D eigenvalue weighted by Gasteiger charge is -2.10. The fourth-order valence-electron chi connectivity index (χ4n) is 2.69. The molecular formula is C18H18N2O4. The van der Waals surface area contributed by atoms with Crippen LogP contribution in [0.15, 0.2) is 36.4 Å². The molecule has 2 N–H and O–H groups in total. The number of hydrogen-bond donors (Lipinski definition) is 2. The van der Waals surface area contributed by atoms with Gasteiger partial charge >= 0.3 is 0 Å². The van der Waals surface area contributed by atoms with Crippen molar-refractivity contribution in [3.05, 3.63) is 47.5 Å². The maximum Gasteiger partial charge on any atom is 0.228 e. The molecule has 0 spiro atoms. The Kier molecular flexibility index (Phi) is 4.37. The van der Waals surface area contributed by atoms with E-state index < -0.39 is 0 Å². The fourth-order valence-corrected chi connectivity index (χ4v) is 2.69. The number of carbonyl (C=O) groups excluding carboxylic acids is 2. The van der Waals surface area contributed by atoms with Crippen LogP contribution in [0.4, 0.5) is 11.4 Å². The monoisotopic (exact) mass is 326 g/mol. The summed E-state index contributed by atoms with van der Waals surface area (Å²) in [5.74, 6) is 1.04. The number of carbonyl (C=O) groups is 2. The van der Waals surface area contributed by atoms with Gasteiger partial charge in [-0.1, -0.05) is 6.07 Å². The molecule has 1 aliphatic heterocycles. The van der Waals surface area contributed by atoms with Crippen molar-refractivity contribution in [3.63, 3.8) is 0 Å². The molecule has 124 valence electrons. The Balaban J connectivity index is 1.68. The lowest BCUT2D eigenvalue weighted by molar-refractivity contribution is -0.116. The van der Waals surface area contributed by atoms with Crippen molar-refractivity contribution in [2.75, 3.05) is 24.9 Å². The number of nitrogens with one attached hydrogen (secondary N) is 2. The largest absolute Gasteiger partial charge is 0.493 e. The first-order valence-electron chi connectivity index (χ1n) is 7.52. The van der Waals surface area contributed by atoms with Crippen molar-refractivity contribution in [1.82, 2.24) is 0 Å². The normalized spacial score (nSPS) is 12.3. The number of hydrogen-bond acceptors (Lipinski definition) is 4. The van der Waals surface area contributed by atoms with E-state index in [1.165, 1.54) is 0 Å². The number of ether oxygens (including phenoxy) is 2. The molecule has 0 atom stereocenters. The van der Waals surface area contributed by atoms with E-state index in [-0.39, 0.29) is 18.2 Å². The molecule has 0 aromatic heterocycles. The maximum atomic E-state index is 12.2. The van der Waals surface area contributed by atoms with E-state index in [0.29, 0.717) is 23.6 Å². The van der Waals surface area contributed by atoms with Gasteiger partial charge in [0.05, 0.1) is 27.1 Å². The van der Waals surface area contributed by atoms with Crippen LogP contribution >= 0.6 is 0 Å². The number of amides is 2. The quantitative estimate of drug-likeness (QED) is 0.884. The number of fused-ring (bicyclic) bond motifs is 1. The minimum atomic E-state index is -0.139. The second kappa shape index (κ2) is 6.62. The molecule has 0 unspecified atom stereocenters. The Morgan fingerprint density at radius 3 is 2.67 bits per heavy atom. The summed E-state index contributed by atoms with van der Waals surface area (Å²) in [5.41, 5.74) is 3.20. The van der Waals surface area contributed by atoms with E-state index in [1.807, 2.05) is 12.1 Å². The second-order valence-corrected chi connectivity index (χ2v) is 5.51. The highest BCUT2D eigenvalue weighted by molar-refractivity contribution is 6.00. The van der Waals surface area contributed by atoms with Crippen molar-refractivity contribution in [2.45, 2.75) is 12.8 Å². The van der Waals surface area contributed by atoms with Crippen molar-refractivity contribution >= 4 is 23.2 Å². The van der Waals surface area contributed by atoms with Crippen LogP contribution in [0.25, 0.3) is 0 Å². The SMILES string of the molecule is COc1ccc(CC(=O)Nc2ccc3c(c2)CC(=O)N3)cc1OC. The van der Waals surface area contributed by atoms with Crippen molar-refractivity contribution in [3.8, 4) is 11.5 Å². The van der Waals surface area contributed by atoms with Gasteiger partial charge < -0.3 is 20.1 Å². The lowest BCUT2D eigenvalue weighted by Crippen LogP contribution is -2.14. The summed E-state index contributed by atoms with van der Waals surface area (Å²) >= 11 is 0. The van der Waals surface area contributed by atoms with Crippen LogP contribution in [-0.4, -0.2) is 26.0 Å². The summed E-state index contributed by atoms with van der Waals surface area (Å²) in [4.78, 5) is 23.6. The average Bonchev–Trinajstić information content (AvgIpc) is 2.93. The van der Waals surface area contributed by atoms with Gasteiger partial charge in [0.2, 0.25) is 11.8 Å². The third-order valence-electron chi connectivity index (χ3n) is 3.83. The molecule has 2 aromatic rings. The number of methoxy groups -OCH3 is 2. The Hall–Kier alpha value is -3.02. The van der Waals surface area contributed by atoms with E-state index in [1.54, 1.807) is 38.5 Å². The molecule has 1 heterocycles. The highest BCUT2D eigenvalue weighted by Crippen LogP contribution is 2.28. The third kappa shape index (κ3) is 3.32. The second-order valence-electron chi connectivity index (χ2n) is 5.51. The van der Waals surface area contributed by atoms with Crippen molar-refractivity contribution < 1.29 is 19.1 Å². The summed E-state index contributed by atoms with van der Waals surface area (Å²) in [5, 5.41) is 5.61.